The highest BCUT2D eigenvalue weighted by Crippen LogP contribution is 2.27. The number of halogens is 2. The molecule has 3 rings (SSSR count). The van der Waals surface area contributed by atoms with Gasteiger partial charge in [0.25, 0.3) is 0 Å². The molecular weight excluding hydrogens is 347 g/mol. The molecule has 0 aliphatic rings. The minimum Gasteiger partial charge on any atom is -0.496 e. The van der Waals surface area contributed by atoms with Crippen LogP contribution in [0.25, 0.3) is 10.8 Å². The number of rotatable bonds is 4. The standard InChI is InChI=1S/C19H14Cl2O3/c1-23-18-9-13-5-3-2-4-12(13)8-16(18)19(22)24-11-14-6-7-15(20)10-17(14)21/h2-10H,11H2,1H3. The van der Waals surface area contributed by atoms with E-state index in [0.29, 0.717) is 26.9 Å². The number of ether oxygens (including phenoxy) is 2. The first-order chi connectivity index (χ1) is 11.6. The monoisotopic (exact) mass is 360 g/mol. The third kappa shape index (κ3) is 3.48. The summed E-state index contributed by atoms with van der Waals surface area (Å²) in [7, 11) is 1.52. The van der Waals surface area contributed by atoms with Crippen LogP contribution in [0.15, 0.2) is 54.6 Å². The summed E-state index contributed by atoms with van der Waals surface area (Å²) >= 11 is 12.0. The van der Waals surface area contributed by atoms with Crippen molar-refractivity contribution < 1.29 is 14.3 Å². The van der Waals surface area contributed by atoms with Crippen molar-refractivity contribution in [2.45, 2.75) is 6.61 Å². The molecule has 0 heterocycles. The fourth-order valence-corrected chi connectivity index (χ4v) is 2.87. The Kier molecular flexibility index (Phi) is 4.93. The van der Waals surface area contributed by atoms with Gasteiger partial charge in [-0.15, -0.1) is 0 Å². The van der Waals surface area contributed by atoms with E-state index >= 15 is 0 Å². The van der Waals surface area contributed by atoms with Gasteiger partial charge < -0.3 is 9.47 Å². The molecule has 0 atom stereocenters. The topological polar surface area (TPSA) is 35.5 Å². The summed E-state index contributed by atoms with van der Waals surface area (Å²) in [5.41, 5.74) is 1.07. The van der Waals surface area contributed by atoms with Gasteiger partial charge in [-0.2, -0.15) is 0 Å². The Balaban J connectivity index is 1.85. The molecule has 0 spiro atoms. The summed E-state index contributed by atoms with van der Waals surface area (Å²) in [4.78, 5) is 12.4. The van der Waals surface area contributed by atoms with Crippen LogP contribution in [0.3, 0.4) is 0 Å². The fraction of sp³-hybridized carbons (Fsp3) is 0.105. The zero-order valence-electron chi connectivity index (χ0n) is 12.9. The second-order valence-electron chi connectivity index (χ2n) is 5.21. The average Bonchev–Trinajstić information content (AvgIpc) is 2.59. The van der Waals surface area contributed by atoms with Crippen molar-refractivity contribution in [2.24, 2.45) is 0 Å². The van der Waals surface area contributed by atoms with Crippen LogP contribution < -0.4 is 4.74 Å². The van der Waals surface area contributed by atoms with Crippen molar-refractivity contribution >= 4 is 39.9 Å². The maximum Gasteiger partial charge on any atom is 0.342 e. The van der Waals surface area contributed by atoms with Crippen molar-refractivity contribution in [1.82, 2.24) is 0 Å². The summed E-state index contributed by atoms with van der Waals surface area (Å²) in [6.45, 7) is 0.0603. The lowest BCUT2D eigenvalue weighted by Gasteiger charge is -2.11. The first-order valence-corrected chi connectivity index (χ1v) is 8.02. The normalized spacial score (nSPS) is 10.6. The lowest BCUT2D eigenvalue weighted by atomic mass is 10.1. The molecule has 0 unspecified atom stereocenters. The zero-order valence-corrected chi connectivity index (χ0v) is 14.4. The third-order valence-corrected chi connectivity index (χ3v) is 4.25. The molecule has 122 valence electrons. The average molecular weight is 361 g/mol. The van der Waals surface area contributed by atoms with Gasteiger partial charge in [-0.25, -0.2) is 4.79 Å². The molecule has 0 N–H and O–H groups in total. The Morgan fingerprint density at radius 1 is 1.00 bits per heavy atom. The van der Waals surface area contributed by atoms with E-state index in [1.807, 2.05) is 30.3 Å². The number of carbonyl (C=O) groups excluding carboxylic acids is 1. The number of methoxy groups -OCH3 is 1. The predicted molar refractivity (Wildman–Crippen MR) is 96.1 cm³/mol. The minimum absolute atomic E-state index is 0.0603. The Morgan fingerprint density at radius 2 is 1.71 bits per heavy atom. The van der Waals surface area contributed by atoms with E-state index in [4.69, 9.17) is 32.7 Å². The van der Waals surface area contributed by atoms with Crippen LogP contribution in [-0.2, 0) is 11.3 Å². The van der Waals surface area contributed by atoms with Crippen molar-refractivity contribution in [3.05, 3.63) is 75.8 Å². The highest BCUT2D eigenvalue weighted by atomic mass is 35.5. The van der Waals surface area contributed by atoms with Crippen molar-refractivity contribution in [3.8, 4) is 5.75 Å². The van der Waals surface area contributed by atoms with Gasteiger partial charge in [0.05, 0.1) is 7.11 Å². The Morgan fingerprint density at radius 3 is 2.38 bits per heavy atom. The molecule has 0 amide bonds. The molecule has 0 saturated heterocycles. The van der Waals surface area contributed by atoms with Crippen LogP contribution in [0.4, 0.5) is 0 Å². The molecule has 0 aliphatic heterocycles. The molecule has 0 aliphatic carbocycles. The maximum atomic E-state index is 12.4. The van der Waals surface area contributed by atoms with Gasteiger partial charge in [0.15, 0.2) is 0 Å². The second kappa shape index (κ2) is 7.12. The predicted octanol–water partition coefficient (Wildman–Crippen LogP) is 5.51. The maximum absolute atomic E-state index is 12.4. The summed E-state index contributed by atoms with van der Waals surface area (Å²) in [5, 5.41) is 2.92. The number of esters is 1. The highest BCUT2D eigenvalue weighted by Gasteiger charge is 2.16. The van der Waals surface area contributed by atoms with Gasteiger partial charge in [0.2, 0.25) is 0 Å². The Bertz CT molecular complexity index is 906. The number of benzene rings is 3. The summed E-state index contributed by atoms with van der Waals surface area (Å²) in [5.74, 6) is 0.00419. The SMILES string of the molecule is COc1cc2ccccc2cc1C(=O)OCc1ccc(Cl)cc1Cl. The number of fused-ring (bicyclic) bond motifs is 1. The lowest BCUT2D eigenvalue weighted by Crippen LogP contribution is -2.07. The molecule has 3 aromatic carbocycles. The van der Waals surface area contributed by atoms with Crippen LogP contribution in [0, 0.1) is 0 Å². The molecular formula is C19H14Cl2O3. The zero-order chi connectivity index (χ0) is 17.1. The van der Waals surface area contributed by atoms with E-state index in [1.54, 1.807) is 24.3 Å². The van der Waals surface area contributed by atoms with Gasteiger partial charge in [0, 0.05) is 15.6 Å². The van der Waals surface area contributed by atoms with Crippen LogP contribution in [0.5, 0.6) is 5.75 Å². The molecule has 3 aromatic rings. The van der Waals surface area contributed by atoms with Crippen LogP contribution >= 0.6 is 23.2 Å². The van der Waals surface area contributed by atoms with Crippen molar-refractivity contribution in [1.29, 1.82) is 0 Å². The van der Waals surface area contributed by atoms with Gasteiger partial charge >= 0.3 is 5.97 Å². The van der Waals surface area contributed by atoms with E-state index in [2.05, 4.69) is 0 Å². The van der Waals surface area contributed by atoms with Gasteiger partial charge in [-0.1, -0.05) is 53.5 Å². The van der Waals surface area contributed by atoms with Crippen molar-refractivity contribution in [2.75, 3.05) is 7.11 Å². The van der Waals surface area contributed by atoms with Gasteiger partial charge in [-0.05, 0) is 35.0 Å². The van der Waals surface area contributed by atoms with Crippen LogP contribution in [-0.4, -0.2) is 13.1 Å². The molecule has 0 aromatic heterocycles. The molecule has 0 saturated carbocycles. The van der Waals surface area contributed by atoms with E-state index in [-0.39, 0.29) is 6.61 Å². The number of hydrogen-bond donors (Lipinski definition) is 0. The molecule has 0 fully saturated rings. The third-order valence-electron chi connectivity index (χ3n) is 3.66. The first-order valence-electron chi connectivity index (χ1n) is 7.26. The largest absolute Gasteiger partial charge is 0.496 e. The fourth-order valence-electron chi connectivity index (χ4n) is 2.41. The van der Waals surface area contributed by atoms with Gasteiger partial charge in [0.1, 0.15) is 17.9 Å². The molecule has 5 heteroatoms. The molecule has 0 radical (unpaired) electrons. The molecule has 3 nitrogen and oxygen atoms in total. The summed E-state index contributed by atoms with van der Waals surface area (Å²) in [6.07, 6.45) is 0. The van der Waals surface area contributed by atoms with Gasteiger partial charge in [-0.3, -0.25) is 0 Å². The molecule has 0 bridgehead atoms. The molecule has 24 heavy (non-hydrogen) atoms. The van der Waals surface area contributed by atoms with E-state index in [1.165, 1.54) is 7.11 Å². The highest BCUT2D eigenvalue weighted by molar-refractivity contribution is 6.35. The number of hydrogen-bond acceptors (Lipinski definition) is 3. The van der Waals surface area contributed by atoms with Crippen LogP contribution in [0.1, 0.15) is 15.9 Å². The smallest absolute Gasteiger partial charge is 0.342 e. The minimum atomic E-state index is -0.469. The van der Waals surface area contributed by atoms with Crippen molar-refractivity contribution in [3.63, 3.8) is 0 Å². The second-order valence-corrected chi connectivity index (χ2v) is 6.06. The van der Waals surface area contributed by atoms with E-state index in [0.717, 1.165) is 10.8 Å². The summed E-state index contributed by atoms with van der Waals surface area (Å²) < 4.78 is 10.7. The lowest BCUT2D eigenvalue weighted by molar-refractivity contribution is 0.0469. The number of carbonyl (C=O) groups is 1. The van der Waals surface area contributed by atoms with E-state index in [9.17, 15) is 4.79 Å². The van der Waals surface area contributed by atoms with Crippen LogP contribution in [0.2, 0.25) is 10.0 Å². The Labute approximate surface area is 149 Å². The first kappa shape index (κ1) is 16.6. The Hall–Kier alpha value is -2.23. The summed E-state index contributed by atoms with van der Waals surface area (Å²) in [6, 6.07) is 16.4. The quantitative estimate of drug-likeness (QED) is 0.575. The van der Waals surface area contributed by atoms with E-state index < -0.39 is 5.97 Å².